The number of imidazole rings is 1. The van der Waals surface area contributed by atoms with Crippen molar-refractivity contribution in [1.82, 2.24) is 28.6 Å². The van der Waals surface area contributed by atoms with Crippen molar-refractivity contribution in [2.75, 3.05) is 13.1 Å². The van der Waals surface area contributed by atoms with Crippen molar-refractivity contribution in [3.63, 3.8) is 0 Å². The second kappa shape index (κ2) is 8.91. The summed E-state index contributed by atoms with van der Waals surface area (Å²) in [6.45, 7) is 8.24. The number of nitrogens with zero attached hydrogens (tertiary/aromatic N) is 6. The van der Waals surface area contributed by atoms with Crippen LogP contribution in [0.2, 0.25) is 0 Å². The number of piperidine rings is 1. The topological polar surface area (TPSA) is 85.9 Å². The normalized spacial score (nSPS) is 15.9. The molecule has 1 saturated heterocycles. The van der Waals surface area contributed by atoms with E-state index in [0.717, 1.165) is 53.6 Å². The predicted octanol–water partition coefficient (Wildman–Crippen LogP) is 3.78. The standard InChI is InChI=1S/C21H30N6O2S2/c1-5-27-18-10-9-16(31(28,29)26-11-7-6-8-12-26)13-17(18)22-19(27)14-30-21-24-23-20(15(2)3)25(21)4/h9-10,13,15H,5-8,11-12,14H2,1-4H3. The molecule has 2 aromatic heterocycles. The van der Waals surface area contributed by atoms with E-state index in [1.165, 1.54) is 0 Å². The third kappa shape index (κ3) is 4.25. The van der Waals surface area contributed by atoms with Crippen LogP contribution in [-0.2, 0) is 29.4 Å². The number of rotatable bonds is 7. The fourth-order valence-corrected chi connectivity index (χ4v) is 6.52. The Morgan fingerprint density at radius 2 is 1.87 bits per heavy atom. The molecule has 31 heavy (non-hydrogen) atoms. The Bertz CT molecular complexity index is 1180. The summed E-state index contributed by atoms with van der Waals surface area (Å²) in [5, 5.41) is 9.46. The summed E-state index contributed by atoms with van der Waals surface area (Å²) < 4.78 is 31.9. The summed E-state index contributed by atoms with van der Waals surface area (Å²) in [6, 6.07) is 5.32. The number of hydrogen-bond acceptors (Lipinski definition) is 6. The zero-order valence-electron chi connectivity index (χ0n) is 18.6. The molecule has 3 heterocycles. The van der Waals surface area contributed by atoms with E-state index in [4.69, 9.17) is 4.98 Å². The molecule has 1 aromatic carbocycles. The lowest BCUT2D eigenvalue weighted by atomic mass is 10.2. The minimum Gasteiger partial charge on any atom is -0.328 e. The highest BCUT2D eigenvalue weighted by Crippen LogP contribution is 2.28. The van der Waals surface area contributed by atoms with Gasteiger partial charge in [0.2, 0.25) is 10.0 Å². The van der Waals surface area contributed by atoms with Crippen molar-refractivity contribution in [2.45, 2.75) is 68.3 Å². The van der Waals surface area contributed by atoms with Crippen molar-refractivity contribution in [2.24, 2.45) is 7.05 Å². The van der Waals surface area contributed by atoms with Crippen molar-refractivity contribution >= 4 is 32.8 Å². The molecule has 4 rings (SSSR count). The lowest BCUT2D eigenvalue weighted by Crippen LogP contribution is -2.35. The van der Waals surface area contributed by atoms with Crippen LogP contribution in [0.1, 0.15) is 57.6 Å². The Labute approximate surface area is 188 Å². The third-order valence-electron chi connectivity index (χ3n) is 5.78. The van der Waals surface area contributed by atoms with E-state index in [1.54, 1.807) is 28.2 Å². The SMILES string of the molecule is CCn1c(CSc2nnc(C(C)C)n2C)nc2cc(S(=O)(=O)N3CCCCC3)ccc21. The van der Waals surface area contributed by atoms with E-state index in [2.05, 4.69) is 35.5 Å². The van der Waals surface area contributed by atoms with Gasteiger partial charge in [0.25, 0.3) is 0 Å². The first kappa shape index (κ1) is 22.3. The van der Waals surface area contributed by atoms with Gasteiger partial charge in [-0.1, -0.05) is 32.0 Å². The maximum atomic E-state index is 13.1. The highest BCUT2D eigenvalue weighted by molar-refractivity contribution is 7.98. The van der Waals surface area contributed by atoms with Gasteiger partial charge in [0.15, 0.2) is 5.16 Å². The van der Waals surface area contributed by atoms with Crippen LogP contribution < -0.4 is 0 Å². The van der Waals surface area contributed by atoms with Crippen molar-refractivity contribution in [3.8, 4) is 0 Å². The van der Waals surface area contributed by atoms with Crippen molar-refractivity contribution in [3.05, 3.63) is 29.8 Å². The maximum Gasteiger partial charge on any atom is 0.243 e. The lowest BCUT2D eigenvalue weighted by molar-refractivity contribution is 0.346. The van der Waals surface area contributed by atoms with Crippen molar-refractivity contribution in [1.29, 1.82) is 0 Å². The lowest BCUT2D eigenvalue weighted by Gasteiger charge is -2.25. The Morgan fingerprint density at radius 1 is 1.13 bits per heavy atom. The Morgan fingerprint density at radius 3 is 2.52 bits per heavy atom. The van der Waals surface area contributed by atoms with E-state index in [-0.39, 0.29) is 0 Å². The van der Waals surface area contributed by atoms with Gasteiger partial charge in [0.1, 0.15) is 11.6 Å². The Balaban J connectivity index is 1.61. The van der Waals surface area contributed by atoms with E-state index in [0.29, 0.717) is 29.7 Å². The third-order valence-corrected chi connectivity index (χ3v) is 8.69. The quantitative estimate of drug-likeness (QED) is 0.497. The average Bonchev–Trinajstić information content (AvgIpc) is 3.31. The zero-order valence-corrected chi connectivity index (χ0v) is 20.2. The molecule has 1 fully saturated rings. The number of sulfonamides is 1. The molecule has 8 nitrogen and oxygen atoms in total. The highest BCUT2D eigenvalue weighted by Gasteiger charge is 2.26. The van der Waals surface area contributed by atoms with Crippen LogP contribution in [-0.4, -0.2) is 50.1 Å². The van der Waals surface area contributed by atoms with Gasteiger partial charge < -0.3 is 9.13 Å². The van der Waals surface area contributed by atoms with Gasteiger partial charge in [-0.2, -0.15) is 4.31 Å². The van der Waals surface area contributed by atoms with E-state index in [1.807, 2.05) is 17.7 Å². The zero-order chi connectivity index (χ0) is 22.2. The van der Waals surface area contributed by atoms with Gasteiger partial charge in [-0.25, -0.2) is 13.4 Å². The molecular weight excluding hydrogens is 432 g/mol. The molecule has 0 atom stereocenters. The first-order valence-corrected chi connectivity index (χ1v) is 13.3. The van der Waals surface area contributed by atoms with Crippen LogP contribution in [0.4, 0.5) is 0 Å². The predicted molar refractivity (Wildman–Crippen MR) is 123 cm³/mol. The number of aryl methyl sites for hydroxylation is 1. The van der Waals surface area contributed by atoms with Crippen LogP contribution in [0.3, 0.4) is 0 Å². The molecular formula is C21H30N6O2S2. The second-order valence-corrected chi connectivity index (χ2v) is 11.1. The summed E-state index contributed by atoms with van der Waals surface area (Å²) in [7, 11) is -1.49. The molecule has 0 amide bonds. The van der Waals surface area contributed by atoms with Crippen LogP contribution in [0, 0.1) is 0 Å². The molecule has 0 aliphatic carbocycles. The van der Waals surface area contributed by atoms with Crippen molar-refractivity contribution < 1.29 is 8.42 Å². The van der Waals surface area contributed by atoms with Gasteiger partial charge in [0.05, 0.1) is 21.7 Å². The van der Waals surface area contributed by atoms with E-state index in [9.17, 15) is 8.42 Å². The largest absolute Gasteiger partial charge is 0.328 e. The highest BCUT2D eigenvalue weighted by atomic mass is 32.2. The van der Waals surface area contributed by atoms with Crippen LogP contribution in [0.5, 0.6) is 0 Å². The van der Waals surface area contributed by atoms with Gasteiger partial charge >= 0.3 is 0 Å². The first-order valence-electron chi connectivity index (χ1n) is 10.8. The van der Waals surface area contributed by atoms with E-state index >= 15 is 0 Å². The van der Waals surface area contributed by atoms with Crippen LogP contribution in [0.15, 0.2) is 28.3 Å². The summed E-state index contributed by atoms with van der Waals surface area (Å²) in [6.07, 6.45) is 2.94. The molecule has 0 bridgehead atoms. The smallest absolute Gasteiger partial charge is 0.243 e. The number of thioether (sulfide) groups is 1. The Kier molecular flexibility index (Phi) is 6.41. The molecule has 10 heteroatoms. The monoisotopic (exact) mass is 462 g/mol. The Hall–Kier alpha value is -1.91. The second-order valence-electron chi connectivity index (χ2n) is 8.23. The van der Waals surface area contributed by atoms with Crippen LogP contribution >= 0.6 is 11.8 Å². The molecule has 1 aliphatic rings. The molecule has 0 unspecified atom stereocenters. The summed E-state index contributed by atoms with van der Waals surface area (Å²) in [5.74, 6) is 2.82. The minimum absolute atomic E-state index is 0.312. The molecule has 0 N–H and O–H groups in total. The summed E-state index contributed by atoms with van der Waals surface area (Å²) in [4.78, 5) is 5.12. The van der Waals surface area contributed by atoms with E-state index < -0.39 is 10.0 Å². The molecule has 168 valence electrons. The van der Waals surface area contributed by atoms with Gasteiger partial charge in [-0.3, -0.25) is 0 Å². The fraction of sp³-hybridized carbons (Fsp3) is 0.571. The molecule has 0 radical (unpaired) electrons. The molecule has 1 aliphatic heterocycles. The summed E-state index contributed by atoms with van der Waals surface area (Å²) >= 11 is 1.60. The average molecular weight is 463 g/mol. The number of fused-ring (bicyclic) bond motifs is 1. The van der Waals surface area contributed by atoms with Crippen LogP contribution in [0.25, 0.3) is 11.0 Å². The molecule has 0 saturated carbocycles. The maximum absolute atomic E-state index is 13.1. The minimum atomic E-state index is -3.47. The number of hydrogen-bond donors (Lipinski definition) is 0. The number of aromatic nitrogens is 5. The molecule has 0 spiro atoms. The molecule has 3 aromatic rings. The first-order chi connectivity index (χ1) is 14.8. The number of benzene rings is 1. The summed E-state index contributed by atoms with van der Waals surface area (Å²) in [5.41, 5.74) is 1.67. The fourth-order valence-electron chi connectivity index (χ4n) is 4.12. The van der Waals surface area contributed by atoms with Gasteiger partial charge in [-0.05, 0) is 38.0 Å². The van der Waals surface area contributed by atoms with Gasteiger partial charge in [-0.15, -0.1) is 10.2 Å². The van der Waals surface area contributed by atoms with Gasteiger partial charge in [0, 0.05) is 32.6 Å².